The number of hydrogen-bond donors (Lipinski definition) is 1. The Hall–Kier alpha value is -3.42. The summed E-state index contributed by atoms with van der Waals surface area (Å²) < 4.78 is 5.21. The van der Waals surface area contributed by atoms with Gasteiger partial charge in [0.2, 0.25) is 5.95 Å². The van der Waals surface area contributed by atoms with Crippen LogP contribution in [-0.4, -0.2) is 52.2 Å². The van der Waals surface area contributed by atoms with Crippen molar-refractivity contribution >= 4 is 23.4 Å². The van der Waals surface area contributed by atoms with Crippen molar-refractivity contribution in [3.8, 4) is 0 Å². The van der Waals surface area contributed by atoms with Gasteiger partial charge < -0.3 is 19.5 Å². The van der Waals surface area contributed by atoms with Crippen LogP contribution in [0.25, 0.3) is 0 Å². The van der Waals surface area contributed by atoms with Crippen LogP contribution >= 0.6 is 0 Å². The molecule has 1 N–H and O–H groups in total. The average molecular weight is 392 g/mol. The van der Waals surface area contributed by atoms with E-state index in [0.717, 1.165) is 5.69 Å². The third kappa shape index (κ3) is 4.21. The van der Waals surface area contributed by atoms with Crippen LogP contribution in [0.15, 0.2) is 53.3 Å². The molecule has 29 heavy (non-hydrogen) atoms. The standard InChI is InChI=1S/C21H24N6O2/c1-15(2)16-6-3-4-7-17(16)23-19-14-22-25-21(24-19)27-11-9-26(10-12-27)20(28)18-8-5-13-29-18/h3-8,13-15H,9-12H2,1-2H3,(H,23,24,25). The highest BCUT2D eigenvalue weighted by molar-refractivity contribution is 5.91. The van der Waals surface area contributed by atoms with Gasteiger partial charge >= 0.3 is 0 Å². The largest absolute Gasteiger partial charge is 0.459 e. The van der Waals surface area contributed by atoms with E-state index in [1.807, 2.05) is 23.1 Å². The molecule has 8 nitrogen and oxygen atoms in total. The fourth-order valence-corrected chi connectivity index (χ4v) is 3.41. The molecule has 3 heterocycles. The molecule has 0 radical (unpaired) electrons. The highest BCUT2D eigenvalue weighted by Crippen LogP contribution is 2.26. The predicted molar refractivity (Wildman–Crippen MR) is 110 cm³/mol. The third-order valence-electron chi connectivity index (χ3n) is 4.97. The van der Waals surface area contributed by atoms with Crippen LogP contribution in [0.1, 0.15) is 35.9 Å². The van der Waals surface area contributed by atoms with Crippen molar-refractivity contribution in [1.82, 2.24) is 20.1 Å². The Bertz CT molecular complexity index is 965. The van der Waals surface area contributed by atoms with Crippen LogP contribution in [0.4, 0.5) is 17.5 Å². The van der Waals surface area contributed by atoms with Crippen molar-refractivity contribution in [2.24, 2.45) is 0 Å². The lowest BCUT2D eigenvalue weighted by Gasteiger charge is -2.34. The Labute approximate surface area is 169 Å². The molecule has 0 unspecified atom stereocenters. The highest BCUT2D eigenvalue weighted by atomic mass is 16.3. The first-order valence-electron chi connectivity index (χ1n) is 9.75. The Kier molecular flexibility index (Phi) is 5.41. The van der Waals surface area contributed by atoms with Gasteiger partial charge in [0.05, 0.1) is 12.5 Å². The molecule has 1 aromatic carbocycles. The normalized spacial score (nSPS) is 14.3. The van der Waals surface area contributed by atoms with Gasteiger partial charge in [-0.2, -0.15) is 10.1 Å². The van der Waals surface area contributed by atoms with Gasteiger partial charge in [-0.25, -0.2) is 0 Å². The Morgan fingerprint density at radius 3 is 2.62 bits per heavy atom. The molecule has 0 atom stereocenters. The third-order valence-corrected chi connectivity index (χ3v) is 4.97. The lowest BCUT2D eigenvalue weighted by atomic mass is 10.0. The summed E-state index contributed by atoms with van der Waals surface area (Å²) in [6.07, 6.45) is 3.14. The molecule has 8 heteroatoms. The van der Waals surface area contributed by atoms with Gasteiger partial charge in [0, 0.05) is 31.9 Å². The van der Waals surface area contributed by atoms with Gasteiger partial charge in [-0.1, -0.05) is 32.0 Å². The summed E-state index contributed by atoms with van der Waals surface area (Å²) in [6, 6.07) is 11.6. The maximum absolute atomic E-state index is 12.4. The van der Waals surface area contributed by atoms with E-state index in [4.69, 9.17) is 4.42 Å². The number of rotatable bonds is 5. The fraction of sp³-hybridized carbons (Fsp3) is 0.333. The van der Waals surface area contributed by atoms with Crippen LogP contribution < -0.4 is 10.2 Å². The number of hydrogen-bond acceptors (Lipinski definition) is 7. The number of nitrogens with one attached hydrogen (secondary N) is 1. The molecule has 1 fully saturated rings. The van der Waals surface area contributed by atoms with Gasteiger partial charge in [-0.15, -0.1) is 5.10 Å². The maximum atomic E-state index is 12.4. The van der Waals surface area contributed by atoms with E-state index in [0.29, 0.717) is 49.6 Å². The molecular weight excluding hydrogens is 368 g/mol. The summed E-state index contributed by atoms with van der Waals surface area (Å²) in [6.45, 7) is 6.76. The van der Waals surface area contributed by atoms with Crippen LogP contribution in [0.5, 0.6) is 0 Å². The predicted octanol–water partition coefficient (Wildman–Crippen LogP) is 3.29. The van der Waals surface area contributed by atoms with Crippen LogP contribution in [0, 0.1) is 0 Å². The number of carbonyl (C=O) groups excluding carboxylic acids is 1. The summed E-state index contributed by atoms with van der Waals surface area (Å²) in [7, 11) is 0. The van der Waals surface area contributed by atoms with E-state index in [1.165, 1.54) is 11.8 Å². The van der Waals surface area contributed by atoms with Crippen molar-refractivity contribution in [1.29, 1.82) is 0 Å². The number of anilines is 3. The first-order valence-corrected chi connectivity index (χ1v) is 9.75. The zero-order chi connectivity index (χ0) is 20.2. The highest BCUT2D eigenvalue weighted by Gasteiger charge is 2.25. The average Bonchev–Trinajstić information content (AvgIpc) is 3.29. The van der Waals surface area contributed by atoms with Gasteiger partial charge in [0.1, 0.15) is 0 Å². The fourth-order valence-electron chi connectivity index (χ4n) is 3.41. The van der Waals surface area contributed by atoms with Crippen molar-refractivity contribution in [2.75, 3.05) is 36.4 Å². The van der Waals surface area contributed by atoms with E-state index in [9.17, 15) is 4.79 Å². The number of piperazine rings is 1. The molecule has 0 spiro atoms. The summed E-state index contributed by atoms with van der Waals surface area (Å²) in [4.78, 5) is 20.9. The van der Waals surface area contributed by atoms with Crippen molar-refractivity contribution in [2.45, 2.75) is 19.8 Å². The zero-order valence-electron chi connectivity index (χ0n) is 16.6. The monoisotopic (exact) mass is 392 g/mol. The number of carbonyl (C=O) groups is 1. The molecule has 150 valence electrons. The topological polar surface area (TPSA) is 87.4 Å². The van der Waals surface area contributed by atoms with E-state index in [-0.39, 0.29) is 5.91 Å². The lowest BCUT2D eigenvalue weighted by molar-refractivity contribution is 0.0714. The molecule has 1 aliphatic heterocycles. The number of amides is 1. The van der Waals surface area contributed by atoms with Crippen LogP contribution in [0.2, 0.25) is 0 Å². The quantitative estimate of drug-likeness (QED) is 0.713. The van der Waals surface area contributed by atoms with E-state index in [1.54, 1.807) is 23.2 Å². The molecule has 0 saturated carbocycles. The minimum atomic E-state index is -0.0885. The van der Waals surface area contributed by atoms with Gasteiger partial charge in [0.25, 0.3) is 5.91 Å². The second-order valence-electron chi connectivity index (χ2n) is 7.27. The number of para-hydroxylation sites is 1. The second-order valence-corrected chi connectivity index (χ2v) is 7.27. The molecule has 2 aromatic heterocycles. The number of furan rings is 1. The molecule has 1 saturated heterocycles. The molecule has 0 bridgehead atoms. The molecule has 3 aromatic rings. The van der Waals surface area contributed by atoms with Crippen LogP contribution in [0.3, 0.4) is 0 Å². The SMILES string of the molecule is CC(C)c1ccccc1Nc1cnnc(N2CCN(C(=O)c3ccco3)CC2)n1. The molecule has 0 aliphatic carbocycles. The number of benzene rings is 1. The second kappa shape index (κ2) is 8.30. The molecular formula is C21H24N6O2. The zero-order valence-corrected chi connectivity index (χ0v) is 16.6. The Morgan fingerprint density at radius 1 is 1.10 bits per heavy atom. The minimum Gasteiger partial charge on any atom is -0.459 e. The van der Waals surface area contributed by atoms with Crippen molar-refractivity contribution in [3.05, 3.63) is 60.2 Å². The van der Waals surface area contributed by atoms with Crippen molar-refractivity contribution < 1.29 is 9.21 Å². The van der Waals surface area contributed by atoms with Crippen molar-refractivity contribution in [3.63, 3.8) is 0 Å². The van der Waals surface area contributed by atoms with E-state index < -0.39 is 0 Å². The molecule has 1 amide bonds. The van der Waals surface area contributed by atoms with E-state index >= 15 is 0 Å². The lowest BCUT2D eigenvalue weighted by Crippen LogP contribution is -2.49. The molecule has 4 rings (SSSR count). The summed E-state index contributed by atoms with van der Waals surface area (Å²) in [5, 5.41) is 11.7. The Balaban J connectivity index is 1.43. The summed E-state index contributed by atoms with van der Waals surface area (Å²) >= 11 is 0. The minimum absolute atomic E-state index is 0.0885. The summed E-state index contributed by atoms with van der Waals surface area (Å²) in [5.74, 6) is 1.88. The smallest absolute Gasteiger partial charge is 0.289 e. The maximum Gasteiger partial charge on any atom is 0.289 e. The first kappa shape index (κ1) is 18.9. The van der Waals surface area contributed by atoms with Gasteiger partial charge in [-0.05, 0) is 29.7 Å². The Morgan fingerprint density at radius 2 is 1.90 bits per heavy atom. The summed E-state index contributed by atoms with van der Waals surface area (Å²) in [5.41, 5.74) is 2.24. The first-order chi connectivity index (χ1) is 14.1. The number of aromatic nitrogens is 3. The van der Waals surface area contributed by atoms with Crippen LogP contribution in [-0.2, 0) is 0 Å². The number of nitrogens with zero attached hydrogens (tertiary/aromatic N) is 5. The van der Waals surface area contributed by atoms with Gasteiger partial charge in [0.15, 0.2) is 11.6 Å². The van der Waals surface area contributed by atoms with Gasteiger partial charge in [-0.3, -0.25) is 4.79 Å². The molecule has 1 aliphatic rings. The van der Waals surface area contributed by atoms with E-state index in [2.05, 4.69) is 40.4 Å².